The summed E-state index contributed by atoms with van der Waals surface area (Å²) in [7, 11) is 0. The number of ether oxygens (including phenoxy) is 1. The van der Waals surface area contributed by atoms with Gasteiger partial charge in [0.1, 0.15) is 6.61 Å². The molecule has 0 spiro atoms. The van der Waals surface area contributed by atoms with Crippen LogP contribution in [0.25, 0.3) is 0 Å². The molecule has 1 fully saturated rings. The molecule has 0 unspecified atom stereocenters. The predicted octanol–water partition coefficient (Wildman–Crippen LogP) is 1.62. The molecule has 0 aliphatic carbocycles. The van der Waals surface area contributed by atoms with Crippen LogP contribution in [0.5, 0.6) is 0 Å². The quantitative estimate of drug-likeness (QED) is 0.820. The fourth-order valence-electron chi connectivity index (χ4n) is 2.00. The summed E-state index contributed by atoms with van der Waals surface area (Å²) in [6.07, 6.45) is -0.270. The highest BCUT2D eigenvalue weighted by Gasteiger charge is 2.22. The molecular formula is C15H18N2O2. The van der Waals surface area contributed by atoms with Crippen LogP contribution in [0.3, 0.4) is 0 Å². The first-order valence-corrected chi connectivity index (χ1v) is 6.41. The molecule has 1 heterocycles. The average molecular weight is 258 g/mol. The van der Waals surface area contributed by atoms with E-state index >= 15 is 0 Å². The van der Waals surface area contributed by atoms with E-state index in [1.165, 1.54) is 0 Å². The van der Waals surface area contributed by atoms with E-state index in [1.54, 1.807) is 11.8 Å². The number of carbonyl (C=O) groups is 1. The van der Waals surface area contributed by atoms with Gasteiger partial charge >= 0.3 is 6.09 Å². The largest absolute Gasteiger partial charge is 0.445 e. The zero-order chi connectivity index (χ0) is 13.5. The van der Waals surface area contributed by atoms with Crippen molar-refractivity contribution in [3.8, 4) is 11.8 Å². The Labute approximate surface area is 113 Å². The Balaban J connectivity index is 1.84. The van der Waals surface area contributed by atoms with Crippen molar-refractivity contribution in [2.45, 2.75) is 19.6 Å². The minimum Gasteiger partial charge on any atom is -0.445 e. The number of hydrogen-bond acceptors (Lipinski definition) is 3. The SMILES string of the molecule is CC#C[C@@H]1CN(C(=O)OCc2ccccc2)CCN1. The van der Waals surface area contributed by atoms with Gasteiger partial charge in [-0.1, -0.05) is 36.3 Å². The van der Waals surface area contributed by atoms with E-state index in [9.17, 15) is 4.79 Å². The highest BCUT2D eigenvalue weighted by Crippen LogP contribution is 2.05. The fourth-order valence-corrected chi connectivity index (χ4v) is 2.00. The molecule has 4 nitrogen and oxygen atoms in total. The van der Waals surface area contributed by atoms with Gasteiger partial charge < -0.3 is 15.0 Å². The first kappa shape index (κ1) is 13.4. The van der Waals surface area contributed by atoms with Gasteiger partial charge in [0.25, 0.3) is 0 Å². The van der Waals surface area contributed by atoms with Crippen LogP contribution < -0.4 is 5.32 Å². The smallest absolute Gasteiger partial charge is 0.410 e. The normalized spacial score (nSPS) is 18.4. The second kappa shape index (κ2) is 6.81. The number of benzene rings is 1. The standard InChI is InChI=1S/C15H18N2O2/c1-2-6-14-11-17(10-9-16-14)15(18)19-12-13-7-4-3-5-8-13/h3-5,7-8,14,16H,9-12H2,1H3/t14-/m1/s1. The number of nitrogens with zero attached hydrogens (tertiary/aromatic N) is 1. The summed E-state index contributed by atoms with van der Waals surface area (Å²) < 4.78 is 5.31. The van der Waals surface area contributed by atoms with Crippen molar-refractivity contribution in [1.82, 2.24) is 10.2 Å². The molecular weight excluding hydrogens is 240 g/mol. The molecule has 1 aromatic rings. The first-order valence-electron chi connectivity index (χ1n) is 6.41. The van der Waals surface area contributed by atoms with Crippen LogP contribution in [-0.4, -0.2) is 36.7 Å². The Bertz CT molecular complexity index is 476. The van der Waals surface area contributed by atoms with E-state index < -0.39 is 0 Å². The van der Waals surface area contributed by atoms with E-state index in [4.69, 9.17) is 4.74 Å². The lowest BCUT2D eigenvalue weighted by atomic mass is 10.2. The van der Waals surface area contributed by atoms with Gasteiger partial charge in [0.15, 0.2) is 0 Å². The van der Waals surface area contributed by atoms with Crippen molar-refractivity contribution < 1.29 is 9.53 Å². The monoisotopic (exact) mass is 258 g/mol. The van der Waals surface area contributed by atoms with Crippen LogP contribution in [0, 0.1) is 11.8 Å². The van der Waals surface area contributed by atoms with Crippen molar-refractivity contribution in [2.24, 2.45) is 0 Å². The molecule has 0 bridgehead atoms. The van der Waals surface area contributed by atoms with Gasteiger partial charge in [-0.05, 0) is 12.5 Å². The molecule has 0 saturated carbocycles. The number of rotatable bonds is 2. The van der Waals surface area contributed by atoms with Gasteiger partial charge in [-0.3, -0.25) is 0 Å². The molecule has 1 amide bonds. The predicted molar refractivity (Wildman–Crippen MR) is 73.4 cm³/mol. The van der Waals surface area contributed by atoms with Gasteiger partial charge in [0.05, 0.1) is 12.6 Å². The second-order valence-electron chi connectivity index (χ2n) is 4.39. The fraction of sp³-hybridized carbons (Fsp3) is 0.400. The number of amides is 1. The summed E-state index contributed by atoms with van der Waals surface area (Å²) in [5.41, 5.74) is 0.996. The van der Waals surface area contributed by atoms with Crippen LogP contribution in [0.2, 0.25) is 0 Å². The van der Waals surface area contributed by atoms with Crippen LogP contribution in [0.4, 0.5) is 4.79 Å². The third-order valence-corrected chi connectivity index (χ3v) is 2.96. The van der Waals surface area contributed by atoms with Gasteiger partial charge in [0, 0.05) is 13.1 Å². The topological polar surface area (TPSA) is 41.6 Å². The lowest BCUT2D eigenvalue weighted by Crippen LogP contribution is -2.52. The third kappa shape index (κ3) is 4.01. The highest BCUT2D eigenvalue weighted by atomic mass is 16.6. The molecule has 1 aliphatic rings. The number of nitrogens with one attached hydrogen (secondary N) is 1. The zero-order valence-corrected chi connectivity index (χ0v) is 11.1. The summed E-state index contributed by atoms with van der Waals surface area (Å²) in [6, 6.07) is 9.73. The lowest BCUT2D eigenvalue weighted by molar-refractivity contribution is 0.0885. The minimum atomic E-state index is -0.270. The molecule has 0 radical (unpaired) electrons. The molecule has 2 rings (SSSR count). The molecule has 1 N–H and O–H groups in total. The van der Waals surface area contributed by atoms with Crippen LogP contribution in [-0.2, 0) is 11.3 Å². The molecule has 1 atom stereocenters. The van der Waals surface area contributed by atoms with Gasteiger partial charge in [-0.25, -0.2) is 4.79 Å². The maximum Gasteiger partial charge on any atom is 0.410 e. The van der Waals surface area contributed by atoms with Crippen LogP contribution >= 0.6 is 0 Å². The average Bonchev–Trinajstić information content (AvgIpc) is 2.46. The second-order valence-corrected chi connectivity index (χ2v) is 4.39. The van der Waals surface area contributed by atoms with Gasteiger partial charge in [0.2, 0.25) is 0 Å². The molecule has 100 valence electrons. The molecule has 1 aliphatic heterocycles. The summed E-state index contributed by atoms with van der Waals surface area (Å²) >= 11 is 0. The summed E-state index contributed by atoms with van der Waals surface area (Å²) in [5.74, 6) is 5.90. The van der Waals surface area contributed by atoms with Crippen molar-refractivity contribution in [3.63, 3.8) is 0 Å². The highest BCUT2D eigenvalue weighted by molar-refractivity contribution is 5.68. The van der Waals surface area contributed by atoms with E-state index in [1.807, 2.05) is 30.3 Å². The Kier molecular flexibility index (Phi) is 4.82. The van der Waals surface area contributed by atoms with Gasteiger partial charge in [-0.2, -0.15) is 0 Å². The van der Waals surface area contributed by atoms with Crippen LogP contribution in [0.15, 0.2) is 30.3 Å². The molecule has 1 saturated heterocycles. The van der Waals surface area contributed by atoms with E-state index in [0.29, 0.717) is 19.7 Å². The lowest BCUT2D eigenvalue weighted by Gasteiger charge is -2.30. The first-order chi connectivity index (χ1) is 9.29. The molecule has 0 aromatic heterocycles. The van der Waals surface area contributed by atoms with Crippen molar-refractivity contribution in [2.75, 3.05) is 19.6 Å². The van der Waals surface area contributed by atoms with E-state index in [2.05, 4.69) is 17.2 Å². The number of hydrogen-bond donors (Lipinski definition) is 1. The van der Waals surface area contributed by atoms with E-state index in [-0.39, 0.29) is 12.1 Å². The Morgan fingerprint density at radius 3 is 3.00 bits per heavy atom. The van der Waals surface area contributed by atoms with Crippen molar-refractivity contribution in [1.29, 1.82) is 0 Å². The Morgan fingerprint density at radius 2 is 2.26 bits per heavy atom. The Morgan fingerprint density at radius 1 is 1.47 bits per heavy atom. The maximum atomic E-state index is 11.9. The van der Waals surface area contributed by atoms with Crippen molar-refractivity contribution >= 4 is 6.09 Å². The zero-order valence-electron chi connectivity index (χ0n) is 11.1. The number of carbonyl (C=O) groups excluding carboxylic acids is 1. The van der Waals surface area contributed by atoms with Crippen molar-refractivity contribution in [3.05, 3.63) is 35.9 Å². The molecule has 4 heteroatoms. The summed E-state index contributed by atoms with van der Waals surface area (Å²) in [4.78, 5) is 13.7. The minimum absolute atomic E-state index is 0.0445. The number of piperazine rings is 1. The third-order valence-electron chi connectivity index (χ3n) is 2.96. The Hall–Kier alpha value is -1.99. The maximum absolute atomic E-state index is 11.9. The molecule has 19 heavy (non-hydrogen) atoms. The van der Waals surface area contributed by atoms with E-state index in [0.717, 1.165) is 12.1 Å². The summed E-state index contributed by atoms with van der Waals surface area (Å²) in [5, 5.41) is 3.26. The molecule has 1 aromatic carbocycles. The summed E-state index contributed by atoms with van der Waals surface area (Å²) in [6.45, 7) is 4.10. The van der Waals surface area contributed by atoms with Crippen LogP contribution in [0.1, 0.15) is 12.5 Å². The van der Waals surface area contributed by atoms with Gasteiger partial charge in [-0.15, -0.1) is 5.92 Å².